The van der Waals surface area contributed by atoms with Crippen molar-refractivity contribution in [2.24, 2.45) is 7.05 Å². The molecule has 11 nitrogen and oxygen atoms in total. The number of fused-ring (bicyclic) bond motifs is 1. The van der Waals surface area contributed by atoms with E-state index in [-0.39, 0.29) is 17.4 Å². The summed E-state index contributed by atoms with van der Waals surface area (Å²) in [5, 5.41) is 4.07. The van der Waals surface area contributed by atoms with Crippen LogP contribution in [0.2, 0.25) is 0 Å². The number of anilines is 1. The molecule has 284 valence electrons. The first-order valence-electron chi connectivity index (χ1n) is 19.3. The summed E-state index contributed by atoms with van der Waals surface area (Å²) in [6, 6.07) is 13.0. The van der Waals surface area contributed by atoms with Gasteiger partial charge in [-0.2, -0.15) is 0 Å². The minimum absolute atomic E-state index is 0.0329. The Kier molecular flexibility index (Phi) is 11.8. The van der Waals surface area contributed by atoms with E-state index in [0.29, 0.717) is 23.4 Å². The maximum absolute atomic E-state index is 13.6. The first-order valence-corrected chi connectivity index (χ1v) is 19.3. The van der Waals surface area contributed by atoms with E-state index in [9.17, 15) is 9.59 Å². The van der Waals surface area contributed by atoms with Gasteiger partial charge in [-0.15, -0.1) is 0 Å². The maximum Gasteiger partial charge on any atom is 0.418 e. The van der Waals surface area contributed by atoms with Crippen molar-refractivity contribution in [3.8, 4) is 11.6 Å². The van der Waals surface area contributed by atoms with Gasteiger partial charge in [0.1, 0.15) is 5.75 Å². The van der Waals surface area contributed by atoms with Gasteiger partial charge in [0.25, 0.3) is 0 Å². The van der Waals surface area contributed by atoms with Gasteiger partial charge in [-0.25, -0.2) is 4.79 Å². The van der Waals surface area contributed by atoms with E-state index in [2.05, 4.69) is 90.8 Å². The SMILES string of the molecule is CCN(CC)C1CCN(Cc2cc(C(C)(C)C)cc(NC(=O)Oc3cc4cccc(CN5CCN(C(=O)[C@@H]6CCCN6C)CC5)c4n3C)c2OC)C1. The van der Waals surface area contributed by atoms with Crippen LogP contribution >= 0.6 is 0 Å². The van der Waals surface area contributed by atoms with Gasteiger partial charge in [-0.3, -0.25) is 29.7 Å². The van der Waals surface area contributed by atoms with Crippen molar-refractivity contribution in [1.29, 1.82) is 0 Å². The maximum atomic E-state index is 13.6. The monoisotopic (exact) mass is 715 g/mol. The van der Waals surface area contributed by atoms with Crippen LogP contribution < -0.4 is 14.8 Å². The fourth-order valence-corrected chi connectivity index (χ4v) is 8.54. The quantitative estimate of drug-likeness (QED) is 0.269. The molecule has 11 heteroatoms. The molecule has 3 aromatic rings. The number of hydrogen-bond acceptors (Lipinski definition) is 8. The van der Waals surface area contributed by atoms with Crippen LogP contribution in [0.1, 0.15) is 70.6 Å². The Hall–Kier alpha value is -3.64. The number of ether oxygens (including phenoxy) is 2. The van der Waals surface area contributed by atoms with Crippen LogP contribution in [-0.4, -0.2) is 126 Å². The molecular formula is C41H61N7O4. The number of rotatable bonds is 11. The number of aromatic nitrogens is 1. The highest BCUT2D eigenvalue weighted by Gasteiger charge is 2.33. The van der Waals surface area contributed by atoms with E-state index in [1.807, 2.05) is 28.6 Å². The van der Waals surface area contributed by atoms with Crippen LogP contribution in [0.5, 0.6) is 11.6 Å². The molecular weight excluding hydrogens is 654 g/mol. The van der Waals surface area contributed by atoms with Crippen molar-refractivity contribution in [2.45, 2.75) is 84.5 Å². The Bertz CT molecular complexity index is 1720. The van der Waals surface area contributed by atoms with Crippen LogP contribution in [0.3, 0.4) is 0 Å². The number of hydrogen-bond donors (Lipinski definition) is 1. The number of piperazine rings is 1. The van der Waals surface area contributed by atoms with E-state index in [1.54, 1.807) is 7.11 Å². The summed E-state index contributed by atoms with van der Waals surface area (Å²) < 4.78 is 14.0. The number of likely N-dealkylation sites (N-methyl/N-ethyl adjacent to an activating group) is 2. The molecule has 1 unspecified atom stereocenters. The van der Waals surface area contributed by atoms with Crippen molar-refractivity contribution >= 4 is 28.6 Å². The average Bonchev–Trinajstić information content (AvgIpc) is 3.84. The molecule has 3 aliphatic heterocycles. The molecule has 1 N–H and O–H groups in total. The zero-order valence-corrected chi connectivity index (χ0v) is 32.8. The molecule has 0 spiro atoms. The molecule has 0 aliphatic carbocycles. The summed E-state index contributed by atoms with van der Waals surface area (Å²) in [5.74, 6) is 1.42. The number of benzene rings is 2. The number of nitrogens with one attached hydrogen (secondary N) is 1. The van der Waals surface area contributed by atoms with Crippen molar-refractivity contribution in [1.82, 2.24) is 29.1 Å². The summed E-state index contributed by atoms with van der Waals surface area (Å²) in [6.45, 7) is 20.9. The van der Waals surface area contributed by atoms with Crippen LogP contribution in [-0.2, 0) is 30.3 Å². The van der Waals surface area contributed by atoms with Crippen LogP contribution in [0.4, 0.5) is 10.5 Å². The lowest BCUT2D eigenvalue weighted by Crippen LogP contribution is -2.52. The fraction of sp³-hybridized carbons (Fsp3) is 0.610. The Morgan fingerprint density at radius 3 is 2.29 bits per heavy atom. The van der Waals surface area contributed by atoms with Crippen LogP contribution in [0.15, 0.2) is 36.4 Å². The van der Waals surface area contributed by atoms with E-state index in [1.165, 1.54) is 5.56 Å². The third kappa shape index (κ3) is 8.28. The number of aryl methyl sites for hydroxylation is 1. The number of methoxy groups -OCH3 is 1. The van der Waals surface area contributed by atoms with E-state index < -0.39 is 6.09 Å². The number of amides is 2. The molecule has 52 heavy (non-hydrogen) atoms. The van der Waals surface area contributed by atoms with Crippen molar-refractivity contribution in [3.05, 3.63) is 53.1 Å². The molecule has 0 bridgehead atoms. The van der Waals surface area contributed by atoms with E-state index >= 15 is 0 Å². The summed E-state index contributed by atoms with van der Waals surface area (Å²) in [6.07, 6.45) is 2.65. The van der Waals surface area contributed by atoms with Crippen molar-refractivity contribution in [2.75, 3.05) is 78.4 Å². The zero-order chi connectivity index (χ0) is 37.2. The topological polar surface area (TPSA) is 85.8 Å². The largest absolute Gasteiger partial charge is 0.494 e. The van der Waals surface area contributed by atoms with Crippen LogP contribution in [0, 0.1) is 0 Å². The molecule has 1 aromatic heterocycles. The molecule has 2 atom stereocenters. The van der Waals surface area contributed by atoms with Gasteiger partial charge in [0, 0.05) is 82.5 Å². The lowest BCUT2D eigenvalue weighted by molar-refractivity contribution is -0.137. The lowest BCUT2D eigenvalue weighted by Gasteiger charge is -2.37. The highest BCUT2D eigenvalue weighted by atomic mass is 16.6. The van der Waals surface area contributed by atoms with Crippen molar-refractivity contribution in [3.63, 3.8) is 0 Å². The molecule has 2 amide bonds. The van der Waals surface area contributed by atoms with E-state index in [0.717, 1.165) is 113 Å². The number of nitrogens with zero attached hydrogens (tertiary/aromatic N) is 6. The summed E-state index contributed by atoms with van der Waals surface area (Å²) in [4.78, 5) is 38.5. The first kappa shape index (κ1) is 38.1. The average molecular weight is 716 g/mol. The summed E-state index contributed by atoms with van der Waals surface area (Å²) in [7, 11) is 5.68. The standard InChI is InChI=1S/C41H61N7O4/c1-9-47(10-2)33-16-18-46(28-33)27-31-23-32(41(3,4)5)25-34(38(31)51-8)42-40(50)52-36-24-29-13-11-14-30(37(29)44(36)7)26-45-19-21-48(22-20-45)39(49)35-15-12-17-43(35)6/h11,13-14,23-25,33,35H,9-10,12,15-22,26-28H2,1-8H3,(H,42,50)/t33?,35-/m0/s1. The smallest absolute Gasteiger partial charge is 0.418 e. The zero-order valence-electron chi connectivity index (χ0n) is 32.8. The van der Waals surface area contributed by atoms with Gasteiger partial charge in [0.05, 0.1) is 24.4 Å². The second kappa shape index (κ2) is 16.2. The molecule has 0 saturated carbocycles. The fourth-order valence-electron chi connectivity index (χ4n) is 8.54. The van der Waals surface area contributed by atoms with Gasteiger partial charge in [0.2, 0.25) is 11.8 Å². The second-order valence-electron chi connectivity index (χ2n) is 16.0. The van der Waals surface area contributed by atoms with Crippen molar-refractivity contribution < 1.29 is 19.1 Å². The number of likely N-dealkylation sites (tertiary alicyclic amines) is 2. The molecule has 3 saturated heterocycles. The summed E-state index contributed by atoms with van der Waals surface area (Å²) in [5.41, 5.74) is 4.89. The lowest BCUT2D eigenvalue weighted by atomic mass is 9.85. The molecule has 0 radical (unpaired) electrons. The van der Waals surface area contributed by atoms with Gasteiger partial charge < -0.3 is 18.9 Å². The van der Waals surface area contributed by atoms with Gasteiger partial charge in [-0.1, -0.05) is 58.9 Å². The Morgan fingerprint density at radius 1 is 0.904 bits per heavy atom. The Morgan fingerprint density at radius 2 is 1.63 bits per heavy atom. The number of carbonyl (C=O) groups excluding carboxylic acids is 2. The molecule has 2 aromatic carbocycles. The molecule has 3 aliphatic rings. The summed E-state index contributed by atoms with van der Waals surface area (Å²) >= 11 is 0. The van der Waals surface area contributed by atoms with Gasteiger partial charge in [-0.05, 0) is 68.6 Å². The highest BCUT2D eigenvalue weighted by Crippen LogP contribution is 2.37. The predicted octanol–water partition coefficient (Wildman–Crippen LogP) is 5.75. The van der Waals surface area contributed by atoms with Gasteiger partial charge in [0.15, 0.2) is 0 Å². The third-order valence-electron chi connectivity index (χ3n) is 11.6. The van der Waals surface area contributed by atoms with E-state index in [4.69, 9.17) is 9.47 Å². The molecule has 6 rings (SSSR count). The molecule has 3 fully saturated rings. The van der Waals surface area contributed by atoms with Gasteiger partial charge >= 0.3 is 6.09 Å². The highest BCUT2D eigenvalue weighted by molar-refractivity contribution is 5.91. The minimum atomic E-state index is -0.556. The first-order chi connectivity index (χ1) is 24.9. The molecule has 4 heterocycles. The Labute approximate surface area is 310 Å². The number of carbonyl (C=O) groups is 2. The van der Waals surface area contributed by atoms with Crippen LogP contribution in [0.25, 0.3) is 10.9 Å². The normalized spacial score (nSPS) is 20.7. The second-order valence-corrected chi connectivity index (χ2v) is 16.0. The minimum Gasteiger partial charge on any atom is -0.494 e. The predicted molar refractivity (Wildman–Crippen MR) is 208 cm³/mol. The number of para-hydroxylation sites is 1. The Balaban J connectivity index is 1.15. The third-order valence-corrected chi connectivity index (χ3v) is 11.6.